The summed E-state index contributed by atoms with van der Waals surface area (Å²) < 4.78 is 1.46. The van der Waals surface area contributed by atoms with E-state index >= 15 is 0 Å². The van der Waals surface area contributed by atoms with E-state index in [1.54, 1.807) is 0 Å². The van der Waals surface area contributed by atoms with Gasteiger partial charge in [0, 0.05) is 6.54 Å². The molecule has 2 N–H and O–H groups in total. The van der Waals surface area contributed by atoms with Crippen molar-refractivity contribution in [3.63, 3.8) is 0 Å². The number of nitrogens with one attached hydrogen (secondary N) is 2. The fourth-order valence-electron chi connectivity index (χ4n) is 1.75. The first-order valence-electron chi connectivity index (χ1n) is 5.53. The minimum Gasteiger partial charge on any atom is -0.282 e. The van der Waals surface area contributed by atoms with Crippen molar-refractivity contribution in [2.24, 2.45) is 0 Å². The second kappa shape index (κ2) is 4.75. The Balaban J connectivity index is 2.53. The number of nitrogens with zero attached hydrogens (tertiary/aromatic N) is 2. The third-order valence-electron chi connectivity index (χ3n) is 2.60. The van der Waals surface area contributed by atoms with Crippen LogP contribution < -0.4 is 11.2 Å². The van der Waals surface area contributed by atoms with Gasteiger partial charge in [-0.3, -0.25) is 19.3 Å². The van der Waals surface area contributed by atoms with Crippen LogP contribution in [0.3, 0.4) is 0 Å². The van der Waals surface area contributed by atoms with Gasteiger partial charge >= 0.3 is 11.0 Å². The average molecular weight is 258 g/mol. The standard InChI is InChI=1S/C10H13ClN4O2/c1-2-3-4-5-15-7-6(12-9(11)13-7)8(16)14-10(15)17/h11H,2-5H2,1H3,(H-,12,13,14,16,17)/p+1. The molecule has 0 atom stereocenters. The highest BCUT2D eigenvalue weighted by Gasteiger charge is 2.14. The normalized spacial score (nSPS) is 11.2. The molecule has 7 heteroatoms. The van der Waals surface area contributed by atoms with Crippen LogP contribution in [0.15, 0.2) is 9.59 Å². The first kappa shape index (κ1) is 11.9. The van der Waals surface area contributed by atoms with Crippen molar-refractivity contribution in [3.8, 4) is 0 Å². The predicted molar refractivity (Wildman–Crippen MR) is 61.1 cm³/mol. The molecule has 0 saturated heterocycles. The number of H-pyrrole nitrogens is 2. The molecule has 0 aromatic carbocycles. The molecule has 17 heavy (non-hydrogen) atoms. The van der Waals surface area contributed by atoms with E-state index in [0.717, 1.165) is 19.3 Å². The zero-order valence-corrected chi connectivity index (χ0v) is 10.3. The molecular formula is C10H14ClN4O2+. The minimum atomic E-state index is -0.472. The quantitative estimate of drug-likeness (QED) is 0.610. The Bertz CT molecular complexity index is 640. The van der Waals surface area contributed by atoms with Crippen LogP contribution in [-0.4, -0.2) is 19.5 Å². The van der Waals surface area contributed by atoms with Crippen molar-refractivity contribution in [2.45, 2.75) is 32.7 Å². The molecule has 2 heterocycles. The van der Waals surface area contributed by atoms with E-state index in [4.69, 9.17) is 11.6 Å². The number of imidazole rings is 1. The fraction of sp³-hybridized carbons (Fsp3) is 0.500. The molecule has 0 unspecified atom stereocenters. The molecule has 2 aromatic heterocycles. The summed E-state index contributed by atoms with van der Waals surface area (Å²) >= 11 is 4.88. The summed E-state index contributed by atoms with van der Waals surface area (Å²) in [6.07, 6.45) is 2.96. The number of fused-ring (bicyclic) bond motifs is 1. The molecule has 92 valence electrons. The van der Waals surface area contributed by atoms with Crippen molar-refractivity contribution >= 4 is 11.2 Å². The van der Waals surface area contributed by atoms with Gasteiger partial charge in [0.25, 0.3) is 5.56 Å². The summed E-state index contributed by atoms with van der Waals surface area (Å²) in [5.41, 5.74) is -0.286. The number of hydrogen-bond donors (Lipinski definition) is 2. The molecule has 0 spiro atoms. The maximum absolute atomic E-state index is 11.7. The van der Waals surface area contributed by atoms with E-state index < -0.39 is 11.2 Å². The van der Waals surface area contributed by atoms with Gasteiger partial charge in [0.05, 0.1) is 0 Å². The van der Waals surface area contributed by atoms with Crippen molar-refractivity contribution < 1.29 is 11.6 Å². The number of halogens is 1. The average Bonchev–Trinajstić information content (AvgIpc) is 2.65. The van der Waals surface area contributed by atoms with Crippen LogP contribution in [0, 0.1) is 11.6 Å². The van der Waals surface area contributed by atoms with Gasteiger partial charge in [-0.15, -0.1) is 0 Å². The number of aromatic amines is 2. The Kier molecular flexibility index (Phi) is 3.33. The van der Waals surface area contributed by atoms with E-state index in [9.17, 15) is 9.59 Å². The molecule has 0 fully saturated rings. The molecule has 0 aliphatic carbocycles. The van der Waals surface area contributed by atoms with Crippen molar-refractivity contribution in [1.29, 1.82) is 0 Å². The van der Waals surface area contributed by atoms with Gasteiger partial charge in [-0.05, 0) is 6.42 Å². The molecule has 2 aromatic rings. The van der Waals surface area contributed by atoms with Gasteiger partial charge in [0.2, 0.25) is 0 Å². The van der Waals surface area contributed by atoms with E-state index in [2.05, 4.69) is 21.9 Å². The summed E-state index contributed by atoms with van der Waals surface area (Å²) in [5, 5.41) is 0.223. The van der Waals surface area contributed by atoms with Gasteiger partial charge < -0.3 is 0 Å². The highest BCUT2D eigenvalue weighted by molar-refractivity contribution is 5.69. The Morgan fingerprint density at radius 3 is 2.76 bits per heavy atom. The number of aromatic nitrogens is 4. The van der Waals surface area contributed by atoms with Gasteiger partial charge in [0.1, 0.15) is 0 Å². The molecular weight excluding hydrogens is 244 g/mol. The lowest BCUT2D eigenvalue weighted by Crippen LogP contribution is -2.30. The zero-order valence-electron chi connectivity index (χ0n) is 9.45. The summed E-state index contributed by atoms with van der Waals surface area (Å²) in [4.78, 5) is 32.1. The van der Waals surface area contributed by atoms with Crippen molar-refractivity contribution in [2.75, 3.05) is 0 Å². The zero-order chi connectivity index (χ0) is 12.4. The van der Waals surface area contributed by atoms with Crippen molar-refractivity contribution in [1.82, 2.24) is 19.5 Å². The lowest BCUT2D eigenvalue weighted by Gasteiger charge is -2.04. The van der Waals surface area contributed by atoms with Crippen LogP contribution >= 0.6 is 0 Å². The summed E-state index contributed by atoms with van der Waals surface area (Å²) in [5.74, 6) is 0. The maximum Gasteiger partial charge on any atom is 0.398 e. The molecule has 2 rings (SSSR count). The third kappa shape index (κ3) is 2.26. The monoisotopic (exact) mass is 257 g/mol. The van der Waals surface area contributed by atoms with Crippen LogP contribution in [0.1, 0.15) is 26.2 Å². The van der Waals surface area contributed by atoms with Gasteiger partial charge in [0.15, 0.2) is 22.8 Å². The van der Waals surface area contributed by atoms with Crippen LogP contribution in [0.25, 0.3) is 11.2 Å². The third-order valence-corrected chi connectivity index (χ3v) is 2.79. The Labute approximate surface area is 102 Å². The fourth-order valence-corrected chi connectivity index (χ4v) is 1.94. The van der Waals surface area contributed by atoms with Crippen LogP contribution in [0.5, 0.6) is 0 Å². The highest BCUT2D eigenvalue weighted by Crippen LogP contribution is 2.06. The lowest BCUT2D eigenvalue weighted by molar-refractivity contribution is -0.302. The lowest BCUT2D eigenvalue weighted by atomic mass is 10.2. The van der Waals surface area contributed by atoms with E-state index in [-0.39, 0.29) is 10.8 Å². The maximum atomic E-state index is 11.7. The van der Waals surface area contributed by atoms with Crippen molar-refractivity contribution in [3.05, 3.63) is 26.1 Å². The first-order chi connectivity index (χ1) is 8.13. The Hall–Kier alpha value is -1.56. The number of rotatable bonds is 4. The Morgan fingerprint density at radius 1 is 1.29 bits per heavy atom. The van der Waals surface area contributed by atoms with Crippen LogP contribution in [-0.2, 0) is 6.54 Å². The van der Waals surface area contributed by atoms with E-state index in [1.165, 1.54) is 4.57 Å². The van der Waals surface area contributed by atoms with Crippen LogP contribution in [0.2, 0.25) is 5.28 Å². The summed E-state index contributed by atoms with van der Waals surface area (Å²) in [6, 6.07) is 0. The SMILES string of the molecule is CCCCCn1c(=O)[nH]c(=O)c2[nH]c([ClH+])nc21. The number of unbranched alkanes of at least 4 members (excludes halogenated alkanes) is 2. The van der Waals surface area contributed by atoms with Gasteiger partial charge in [-0.1, -0.05) is 19.8 Å². The molecule has 0 amide bonds. The second-order valence-electron chi connectivity index (χ2n) is 3.86. The van der Waals surface area contributed by atoms with Gasteiger partial charge in [-0.25, -0.2) is 4.79 Å². The Morgan fingerprint density at radius 2 is 2.06 bits per heavy atom. The van der Waals surface area contributed by atoms with Gasteiger partial charge in [-0.2, -0.15) is 4.98 Å². The molecule has 0 aliphatic heterocycles. The summed E-state index contributed by atoms with van der Waals surface area (Å²) in [6.45, 7) is 2.63. The largest absolute Gasteiger partial charge is 0.398 e. The topological polar surface area (TPSA) is 83.5 Å². The highest BCUT2D eigenvalue weighted by atomic mass is 35.5. The molecule has 6 nitrogen and oxygen atoms in total. The molecule has 0 aliphatic rings. The second-order valence-corrected chi connectivity index (χ2v) is 4.25. The predicted octanol–water partition coefficient (Wildman–Crippen LogP) is 0.299. The molecule has 0 bridgehead atoms. The summed E-state index contributed by atoms with van der Waals surface area (Å²) in [7, 11) is 0. The minimum absolute atomic E-state index is 0.223. The molecule has 0 radical (unpaired) electrons. The molecule has 0 saturated carbocycles. The number of hydrogen-bond acceptors (Lipinski definition) is 3. The van der Waals surface area contributed by atoms with E-state index in [1.807, 2.05) is 0 Å². The smallest absolute Gasteiger partial charge is 0.282 e. The van der Waals surface area contributed by atoms with E-state index in [0.29, 0.717) is 12.2 Å². The first-order valence-corrected chi connectivity index (χ1v) is 5.94. The van der Waals surface area contributed by atoms with Crippen LogP contribution in [0.4, 0.5) is 0 Å². The number of aryl methyl sites for hydroxylation is 1.